The van der Waals surface area contributed by atoms with Crippen molar-refractivity contribution in [2.75, 3.05) is 28.0 Å². The van der Waals surface area contributed by atoms with Gasteiger partial charge in [0.2, 0.25) is 0 Å². The lowest BCUT2D eigenvalue weighted by Gasteiger charge is -2.36. The number of nitrogens with zero attached hydrogens (tertiary/aromatic N) is 1. The molecular weight excluding hydrogens is 354 g/mol. The first kappa shape index (κ1) is 19.9. The number of anilines is 3. The molecule has 4 nitrogen and oxygen atoms in total. The van der Waals surface area contributed by atoms with E-state index in [1.165, 1.54) is 11.3 Å². The monoisotopic (exact) mass is 385 g/mol. The van der Waals surface area contributed by atoms with Crippen LogP contribution in [0.15, 0.2) is 48.5 Å². The normalized spacial score (nSPS) is 20.0. The minimum absolute atomic E-state index is 0.281. The number of nitrogens with one attached hydrogen (secondary N) is 2. The Morgan fingerprint density at radius 1 is 0.963 bits per heavy atom. The van der Waals surface area contributed by atoms with Crippen LogP contribution in [0, 0.1) is 0 Å². The third kappa shape index (κ3) is 6.08. The van der Waals surface area contributed by atoms with Gasteiger partial charge in [-0.15, -0.1) is 0 Å². The van der Waals surface area contributed by atoms with E-state index in [9.17, 15) is 0 Å². The Morgan fingerprint density at radius 3 is 2.15 bits per heavy atom. The molecule has 2 aromatic rings. The van der Waals surface area contributed by atoms with Gasteiger partial charge in [0.25, 0.3) is 0 Å². The second kappa shape index (κ2) is 9.38. The standard InChI is InChI=1S/C22H31N3OS/c1-16(2)27-24-21-7-5-19(6-8-21)13-23-20-9-11-22(12-10-20)25-14-17(3)26-18(4)15-25/h5-12,16-18,23-24H,13-15H2,1-4H3/t17-,18+. The van der Waals surface area contributed by atoms with E-state index in [0.717, 1.165) is 31.0 Å². The number of benzene rings is 2. The highest BCUT2D eigenvalue weighted by Gasteiger charge is 2.22. The van der Waals surface area contributed by atoms with E-state index in [1.54, 1.807) is 11.9 Å². The van der Waals surface area contributed by atoms with Crippen LogP contribution in [0.4, 0.5) is 17.1 Å². The third-order valence-electron chi connectivity index (χ3n) is 4.52. The van der Waals surface area contributed by atoms with E-state index in [1.807, 2.05) is 0 Å². The molecule has 1 aliphatic heterocycles. The summed E-state index contributed by atoms with van der Waals surface area (Å²) in [5.41, 5.74) is 4.83. The second-order valence-corrected chi connectivity index (χ2v) is 8.91. The maximum Gasteiger partial charge on any atom is 0.0726 e. The van der Waals surface area contributed by atoms with Gasteiger partial charge in [0, 0.05) is 41.9 Å². The molecule has 5 heteroatoms. The van der Waals surface area contributed by atoms with E-state index in [4.69, 9.17) is 4.74 Å². The Kier molecular flexibility index (Phi) is 6.91. The zero-order valence-corrected chi connectivity index (χ0v) is 17.6. The molecule has 27 heavy (non-hydrogen) atoms. The molecule has 2 atom stereocenters. The van der Waals surface area contributed by atoms with Crippen LogP contribution in [-0.4, -0.2) is 30.5 Å². The van der Waals surface area contributed by atoms with Crippen LogP contribution in [-0.2, 0) is 11.3 Å². The van der Waals surface area contributed by atoms with Gasteiger partial charge in [-0.25, -0.2) is 0 Å². The second-order valence-electron chi connectivity index (χ2n) is 7.53. The van der Waals surface area contributed by atoms with Crippen LogP contribution < -0.4 is 14.9 Å². The predicted molar refractivity (Wildman–Crippen MR) is 119 cm³/mol. The SMILES string of the molecule is CC(C)SNc1ccc(CNc2ccc(N3C[C@@H](C)O[C@@H](C)C3)cc2)cc1. The quantitative estimate of drug-likeness (QED) is 0.626. The van der Waals surface area contributed by atoms with Gasteiger partial charge in [-0.3, -0.25) is 0 Å². The Morgan fingerprint density at radius 2 is 1.56 bits per heavy atom. The number of hydrogen-bond donors (Lipinski definition) is 2. The van der Waals surface area contributed by atoms with Crippen molar-refractivity contribution >= 4 is 29.0 Å². The molecule has 0 saturated carbocycles. The van der Waals surface area contributed by atoms with Crippen LogP contribution in [0.5, 0.6) is 0 Å². The van der Waals surface area contributed by atoms with E-state index in [0.29, 0.717) is 5.25 Å². The van der Waals surface area contributed by atoms with Crippen molar-refractivity contribution in [2.45, 2.75) is 51.7 Å². The molecule has 3 rings (SSSR count). The molecule has 1 aliphatic rings. The Hall–Kier alpha value is -1.85. The lowest BCUT2D eigenvalue weighted by Crippen LogP contribution is -2.45. The summed E-state index contributed by atoms with van der Waals surface area (Å²) in [5, 5.41) is 4.08. The Labute approximate surface area is 167 Å². The minimum Gasteiger partial charge on any atom is -0.381 e. The van der Waals surface area contributed by atoms with Crippen LogP contribution in [0.3, 0.4) is 0 Å². The Bertz CT molecular complexity index is 693. The lowest BCUT2D eigenvalue weighted by atomic mass is 10.1. The zero-order valence-electron chi connectivity index (χ0n) is 16.7. The first-order valence-corrected chi connectivity index (χ1v) is 10.6. The molecule has 0 amide bonds. The highest BCUT2D eigenvalue weighted by molar-refractivity contribution is 8.01. The summed E-state index contributed by atoms with van der Waals surface area (Å²) >= 11 is 1.74. The van der Waals surface area contributed by atoms with Crippen LogP contribution in [0.2, 0.25) is 0 Å². The average Bonchev–Trinajstić information content (AvgIpc) is 2.65. The third-order valence-corrected chi connectivity index (χ3v) is 5.34. The smallest absolute Gasteiger partial charge is 0.0726 e. The molecule has 2 aromatic carbocycles. The maximum atomic E-state index is 5.82. The molecule has 0 radical (unpaired) electrons. The Balaban J connectivity index is 1.51. The minimum atomic E-state index is 0.281. The predicted octanol–water partition coefficient (Wildman–Crippen LogP) is 5.38. The highest BCUT2D eigenvalue weighted by Crippen LogP contribution is 2.23. The van der Waals surface area contributed by atoms with Crippen molar-refractivity contribution in [2.24, 2.45) is 0 Å². The fraction of sp³-hybridized carbons (Fsp3) is 0.455. The molecule has 146 valence electrons. The van der Waals surface area contributed by atoms with E-state index in [2.05, 4.69) is 91.2 Å². The molecule has 0 bridgehead atoms. The molecule has 0 spiro atoms. The van der Waals surface area contributed by atoms with E-state index in [-0.39, 0.29) is 12.2 Å². The van der Waals surface area contributed by atoms with Gasteiger partial charge in [0.15, 0.2) is 0 Å². The van der Waals surface area contributed by atoms with Gasteiger partial charge in [-0.1, -0.05) is 26.0 Å². The maximum absolute atomic E-state index is 5.82. The average molecular weight is 386 g/mol. The largest absolute Gasteiger partial charge is 0.381 e. The summed E-state index contributed by atoms with van der Waals surface area (Å²) < 4.78 is 9.20. The van der Waals surface area contributed by atoms with Crippen LogP contribution in [0.25, 0.3) is 0 Å². The van der Waals surface area contributed by atoms with E-state index >= 15 is 0 Å². The first-order chi connectivity index (χ1) is 13.0. The fourth-order valence-electron chi connectivity index (χ4n) is 3.26. The first-order valence-electron chi connectivity index (χ1n) is 9.74. The highest BCUT2D eigenvalue weighted by atomic mass is 32.2. The van der Waals surface area contributed by atoms with Gasteiger partial charge >= 0.3 is 0 Å². The number of hydrogen-bond acceptors (Lipinski definition) is 5. The number of morpholine rings is 1. The molecule has 1 heterocycles. The van der Waals surface area contributed by atoms with Gasteiger partial charge in [0.1, 0.15) is 0 Å². The summed E-state index contributed by atoms with van der Waals surface area (Å²) in [7, 11) is 0. The van der Waals surface area contributed by atoms with Crippen molar-refractivity contribution in [3.8, 4) is 0 Å². The molecule has 0 unspecified atom stereocenters. The van der Waals surface area contributed by atoms with Gasteiger partial charge in [-0.05, 0) is 67.8 Å². The molecule has 1 saturated heterocycles. The summed E-state index contributed by atoms with van der Waals surface area (Å²) in [6.45, 7) is 11.4. The summed E-state index contributed by atoms with van der Waals surface area (Å²) in [4.78, 5) is 2.41. The molecular formula is C22H31N3OS. The van der Waals surface area contributed by atoms with Gasteiger partial charge in [-0.2, -0.15) is 0 Å². The van der Waals surface area contributed by atoms with Gasteiger partial charge in [0.05, 0.1) is 12.2 Å². The number of ether oxygens (including phenoxy) is 1. The molecule has 0 aliphatic carbocycles. The topological polar surface area (TPSA) is 36.5 Å². The van der Waals surface area contributed by atoms with Crippen molar-refractivity contribution in [3.05, 3.63) is 54.1 Å². The van der Waals surface area contributed by atoms with Crippen molar-refractivity contribution in [1.82, 2.24) is 0 Å². The van der Waals surface area contributed by atoms with Gasteiger partial charge < -0.3 is 19.7 Å². The lowest BCUT2D eigenvalue weighted by molar-refractivity contribution is -0.00521. The summed E-state index contributed by atoms with van der Waals surface area (Å²) in [5.74, 6) is 0. The van der Waals surface area contributed by atoms with Crippen molar-refractivity contribution < 1.29 is 4.74 Å². The van der Waals surface area contributed by atoms with Crippen molar-refractivity contribution in [1.29, 1.82) is 0 Å². The summed E-state index contributed by atoms with van der Waals surface area (Å²) in [6.07, 6.45) is 0.561. The zero-order chi connectivity index (χ0) is 19.2. The van der Waals surface area contributed by atoms with Crippen molar-refractivity contribution in [3.63, 3.8) is 0 Å². The fourth-order valence-corrected chi connectivity index (χ4v) is 3.77. The van der Waals surface area contributed by atoms with Crippen LogP contribution in [0.1, 0.15) is 33.3 Å². The van der Waals surface area contributed by atoms with E-state index < -0.39 is 0 Å². The summed E-state index contributed by atoms with van der Waals surface area (Å²) in [6, 6.07) is 17.3. The van der Waals surface area contributed by atoms with Crippen LogP contribution >= 0.6 is 11.9 Å². The number of rotatable bonds is 7. The molecule has 2 N–H and O–H groups in total. The molecule has 0 aromatic heterocycles. The molecule has 1 fully saturated rings.